The van der Waals surface area contributed by atoms with Crippen molar-refractivity contribution in [2.45, 2.75) is 26.8 Å². The lowest BCUT2D eigenvalue weighted by Gasteiger charge is -2.23. The Morgan fingerprint density at radius 2 is 2.22 bits per heavy atom. The maximum absolute atomic E-state index is 4.44. The molecule has 0 bridgehead atoms. The van der Waals surface area contributed by atoms with Crippen molar-refractivity contribution < 1.29 is 0 Å². The van der Waals surface area contributed by atoms with Crippen LogP contribution < -0.4 is 10.2 Å². The topological polar surface area (TPSA) is 41.0 Å². The Bertz CT molecular complexity index is 494. The number of anilines is 1. The SMILES string of the molecule is CCN(CCNC(C)C)c1ncnc2sccc12. The molecule has 98 valence electrons. The second-order valence-electron chi connectivity index (χ2n) is 4.53. The van der Waals surface area contributed by atoms with Gasteiger partial charge < -0.3 is 10.2 Å². The van der Waals surface area contributed by atoms with Crippen LogP contribution in [-0.2, 0) is 0 Å². The van der Waals surface area contributed by atoms with Crippen LogP contribution in [0.5, 0.6) is 0 Å². The largest absolute Gasteiger partial charge is 0.355 e. The molecule has 0 saturated carbocycles. The average molecular weight is 264 g/mol. The average Bonchev–Trinajstić information content (AvgIpc) is 2.82. The van der Waals surface area contributed by atoms with Crippen LogP contribution in [0.15, 0.2) is 17.8 Å². The number of hydrogen-bond donors (Lipinski definition) is 1. The van der Waals surface area contributed by atoms with Crippen LogP contribution in [-0.4, -0.2) is 35.6 Å². The molecule has 2 rings (SSSR count). The van der Waals surface area contributed by atoms with Crippen molar-refractivity contribution in [3.8, 4) is 0 Å². The molecule has 0 radical (unpaired) electrons. The number of nitrogens with zero attached hydrogens (tertiary/aromatic N) is 3. The molecule has 2 aromatic rings. The summed E-state index contributed by atoms with van der Waals surface area (Å²) in [5.74, 6) is 1.05. The Morgan fingerprint density at radius 1 is 1.39 bits per heavy atom. The second kappa shape index (κ2) is 6.11. The molecule has 0 spiro atoms. The van der Waals surface area contributed by atoms with Gasteiger partial charge in [-0.15, -0.1) is 11.3 Å². The van der Waals surface area contributed by atoms with Crippen molar-refractivity contribution in [3.05, 3.63) is 17.8 Å². The smallest absolute Gasteiger partial charge is 0.140 e. The molecule has 0 amide bonds. The summed E-state index contributed by atoms with van der Waals surface area (Å²) >= 11 is 1.66. The van der Waals surface area contributed by atoms with Gasteiger partial charge in [-0.3, -0.25) is 0 Å². The molecule has 0 atom stereocenters. The van der Waals surface area contributed by atoms with Crippen LogP contribution in [0.3, 0.4) is 0 Å². The lowest BCUT2D eigenvalue weighted by atomic mass is 10.3. The first kappa shape index (κ1) is 13.2. The standard InChI is InChI=1S/C13H20N4S/c1-4-17(7-6-14-10(2)3)12-11-5-8-18-13(11)16-9-15-12/h5,8-10,14H,4,6-7H2,1-3H3. The highest BCUT2D eigenvalue weighted by Crippen LogP contribution is 2.26. The lowest BCUT2D eigenvalue weighted by Crippen LogP contribution is -2.35. The Hall–Kier alpha value is -1.20. The van der Waals surface area contributed by atoms with Crippen molar-refractivity contribution in [3.63, 3.8) is 0 Å². The summed E-state index contributed by atoms with van der Waals surface area (Å²) in [6.07, 6.45) is 1.66. The lowest BCUT2D eigenvalue weighted by molar-refractivity contribution is 0.582. The van der Waals surface area contributed by atoms with Crippen molar-refractivity contribution in [1.82, 2.24) is 15.3 Å². The van der Waals surface area contributed by atoms with Gasteiger partial charge in [0.1, 0.15) is 17.0 Å². The highest BCUT2D eigenvalue weighted by Gasteiger charge is 2.11. The van der Waals surface area contributed by atoms with E-state index in [0.29, 0.717) is 6.04 Å². The fraction of sp³-hybridized carbons (Fsp3) is 0.538. The van der Waals surface area contributed by atoms with Gasteiger partial charge in [0.25, 0.3) is 0 Å². The van der Waals surface area contributed by atoms with Crippen LogP contribution in [0.1, 0.15) is 20.8 Å². The molecule has 0 fully saturated rings. The molecular weight excluding hydrogens is 244 g/mol. The van der Waals surface area contributed by atoms with Gasteiger partial charge in [0.2, 0.25) is 0 Å². The zero-order valence-corrected chi connectivity index (χ0v) is 12.0. The fourth-order valence-corrected chi connectivity index (χ4v) is 2.66. The first-order chi connectivity index (χ1) is 8.72. The first-order valence-corrected chi connectivity index (χ1v) is 7.27. The van der Waals surface area contributed by atoms with E-state index >= 15 is 0 Å². The molecule has 2 aromatic heterocycles. The quantitative estimate of drug-likeness (QED) is 0.870. The molecule has 0 unspecified atom stereocenters. The van der Waals surface area contributed by atoms with Crippen LogP contribution >= 0.6 is 11.3 Å². The number of likely N-dealkylation sites (N-methyl/N-ethyl adjacent to an activating group) is 1. The van der Waals surface area contributed by atoms with E-state index in [1.165, 1.54) is 0 Å². The maximum atomic E-state index is 4.44. The van der Waals surface area contributed by atoms with Gasteiger partial charge in [0.15, 0.2) is 0 Å². The Balaban J connectivity index is 2.14. The number of thiophene rings is 1. The summed E-state index contributed by atoms with van der Waals surface area (Å²) < 4.78 is 0. The van der Waals surface area contributed by atoms with Crippen LogP contribution in [0.4, 0.5) is 5.82 Å². The Kier molecular flexibility index (Phi) is 4.49. The predicted molar refractivity (Wildman–Crippen MR) is 78.4 cm³/mol. The zero-order valence-electron chi connectivity index (χ0n) is 11.2. The third-order valence-corrected chi connectivity index (χ3v) is 3.68. The predicted octanol–water partition coefficient (Wildman–Crippen LogP) is 2.52. The molecule has 0 aliphatic carbocycles. The van der Waals surface area contributed by atoms with Gasteiger partial charge in [0, 0.05) is 25.7 Å². The molecule has 4 nitrogen and oxygen atoms in total. The minimum atomic E-state index is 0.523. The number of rotatable bonds is 6. The highest BCUT2D eigenvalue weighted by molar-refractivity contribution is 7.16. The molecule has 0 saturated heterocycles. The molecule has 5 heteroatoms. The van der Waals surface area contributed by atoms with E-state index in [2.05, 4.69) is 52.4 Å². The number of hydrogen-bond acceptors (Lipinski definition) is 5. The fourth-order valence-electron chi connectivity index (χ4n) is 1.93. The van der Waals surface area contributed by atoms with Crippen molar-refractivity contribution in [2.75, 3.05) is 24.5 Å². The van der Waals surface area contributed by atoms with Gasteiger partial charge in [0.05, 0.1) is 5.39 Å². The Labute approximate surface area is 112 Å². The van der Waals surface area contributed by atoms with E-state index in [0.717, 1.165) is 35.7 Å². The van der Waals surface area contributed by atoms with Crippen molar-refractivity contribution in [2.24, 2.45) is 0 Å². The molecule has 1 N–H and O–H groups in total. The normalized spacial score (nSPS) is 11.3. The molecule has 0 aromatic carbocycles. The Morgan fingerprint density at radius 3 is 2.94 bits per heavy atom. The third kappa shape index (κ3) is 2.97. The van der Waals surface area contributed by atoms with Crippen LogP contribution in [0.25, 0.3) is 10.2 Å². The van der Waals surface area contributed by atoms with Crippen molar-refractivity contribution in [1.29, 1.82) is 0 Å². The van der Waals surface area contributed by atoms with Gasteiger partial charge in [-0.2, -0.15) is 0 Å². The molecular formula is C13H20N4S. The molecule has 0 aliphatic heterocycles. The summed E-state index contributed by atoms with van der Waals surface area (Å²) in [6, 6.07) is 2.63. The van der Waals surface area contributed by atoms with Gasteiger partial charge in [-0.25, -0.2) is 9.97 Å². The second-order valence-corrected chi connectivity index (χ2v) is 5.42. The molecule has 0 aliphatic rings. The summed E-state index contributed by atoms with van der Waals surface area (Å²) in [6.45, 7) is 9.39. The maximum Gasteiger partial charge on any atom is 0.140 e. The first-order valence-electron chi connectivity index (χ1n) is 6.39. The summed E-state index contributed by atoms with van der Waals surface area (Å²) in [5, 5.41) is 6.67. The minimum absolute atomic E-state index is 0.523. The molecule has 2 heterocycles. The van der Waals surface area contributed by atoms with E-state index in [4.69, 9.17) is 0 Å². The minimum Gasteiger partial charge on any atom is -0.355 e. The number of fused-ring (bicyclic) bond motifs is 1. The molecule has 18 heavy (non-hydrogen) atoms. The van der Waals surface area contributed by atoms with E-state index in [1.54, 1.807) is 17.7 Å². The summed E-state index contributed by atoms with van der Waals surface area (Å²) in [5.41, 5.74) is 0. The third-order valence-electron chi connectivity index (χ3n) is 2.86. The number of nitrogens with one attached hydrogen (secondary N) is 1. The van der Waals surface area contributed by atoms with Gasteiger partial charge in [-0.05, 0) is 18.4 Å². The van der Waals surface area contributed by atoms with E-state index in [9.17, 15) is 0 Å². The van der Waals surface area contributed by atoms with Crippen LogP contribution in [0, 0.1) is 0 Å². The number of aromatic nitrogens is 2. The summed E-state index contributed by atoms with van der Waals surface area (Å²) in [7, 11) is 0. The van der Waals surface area contributed by atoms with E-state index in [1.807, 2.05) is 0 Å². The highest BCUT2D eigenvalue weighted by atomic mass is 32.1. The van der Waals surface area contributed by atoms with Crippen molar-refractivity contribution >= 4 is 27.4 Å². The van der Waals surface area contributed by atoms with E-state index < -0.39 is 0 Å². The van der Waals surface area contributed by atoms with E-state index in [-0.39, 0.29) is 0 Å². The van der Waals surface area contributed by atoms with Gasteiger partial charge in [-0.1, -0.05) is 13.8 Å². The van der Waals surface area contributed by atoms with Crippen LogP contribution in [0.2, 0.25) is 0 Å². The summed E-state index contributed by atoms with van der Waals surface area (Å²) in [4.78, 5) is 12.1. The van der Waals surface area contributed by atoms with Gasteiger partial charge >= 0.3 is 0 Å². The monoisotopic (exact) mass is 264 g/mol. The zero-order chi connectivity index (χ0) is 13.0.